The number of ether oxygens (including phenoxy) is 1. The van der Waals surface area contributed by atoms with Crippen molar-refractivity contribution in [2.45, 2.75) is 25.9 Å². The summed E-state index contributed by atoms with van der Waals surface area (Å²) in [6.45, 7) is 2.57. The van der Waals surface area contributed by atoms with E-state index in [1.54, 1.807) is 0 Å². The van der Waals surface area contributed by atoms with Gasteiger partial charge in [0, 0.05) is 11.9 Å². The van der Waals surface area contributed by atoms with E-state index in [2.05, 4.69) is 17.4 Å². The van der Waals surface area contributed by atoms with Gasteiger partial charge in [-0.25, -0.2) is 0 Å². The highest BCUT2D eigenvalue weighted by Gasteiger charge is 2.18. The maximum absolute atomic E-state index is 12.5. The lowest BCUT2D eigenvalue weighted by molar-refractivity contribution is -0.128. The summed E-state index contributed by atoms with van der Waals surface area (Å²) in [5, 5.41) is 5.13. The third-order valence-electron chi connectivity index (χ3n) is 4.24. The van der Waals surface area contributed by atoms with Gasteiger partial charge < -0.3 is 10.1 Å². The van der Waals surface area contributed by atoms with Gasteiger partial charge in [-0.2, -0.15) is 0 Å². The van der Waals surface area contributed by atoms with Crippen LogP contribution in [0.1, 0.15) is 18.9 Å². The first kappa shape index (κ1) is 17.0. The molecular weight excluding hydrogens is 310 g/mol. The van der Waals surface area contributed by atoms with E-state index in [-0.39, 0.29) is 5.91 Å². The smallest absolute Gasteiger partial charge is 0.261 e. The number of fused-ring (bicyclic) bond motifs is 1. The summed E-state index contributed by atoms with van der Waals surface area (Å²) in [5.74, 6) is 0.689. The molecule has 0 fully saturated rings. The van der Waals surface area contributed by atoms with Gasteiger partial charge in [-0.1, -0.05) is 73.7 Å². The van der Waals surface area contributed by atoms with Crippen LogP contribution in [0.25, 0.3) is 10.8 Å². The minimum absolute atomic E-state index is 0.0636. The molecule has 0 saturated heterocycles. The van der Waals surface area contributed by atoms with Crippen molar-refractivity contribution in [3.63, 3.8) is 0 Å². The van der Waals surface area contributed by atoms with Crippen molar-refractivity contribution in [2.75, 3.05) is 6.54 Å². The highest BCUT2D eigenvalue weighted by molar-refractivity contribution is 5.89. The molecule has 3 rings (SSSR count). The van der Waals surface area contributed by atoms with E-state index in [1.807, 2.05) is 67.6 Å². The van der Waals surface area contributed by atoms with Gasteiger partial charge in [-0.05, 0) is 29.9 Å². The average molecular weight is 333 g/mol. The predicted molar refractivity (Wildman–Crippen MR) is 102 cm³/mol. The second-order valence-electron chi connectivity index (χ2n) is 6.02. The second-order valence-corrected chi connectivity index (χ2v) is 6.02. The average Bonchev–Trinajstić information content (AvgIpc) is 2.67. The van der Waals surface area contributed by atoms with Gasteiger partial charge in [0.2, 0.25) is 0 Å². The molecule has 1 amide bonds. The molecule has 0 heterocycles. The summed E-state index contributed by atoms with van der Waals surface area (Å²) in [6.07, 6.45) is 0.957. The molecule has 0 unspecified atom stereocenters. The van der Waals surface area contributed by atoms with Crippen LogP contribution in [0.15, 0.2) is 72.8 Å². The lowest BCUT2D eigenvalue weighted by Crippen LogP contribution is -2.38. The van der Waals surface area contributed by atoms with E-state index in [4.69, 9.17) is 4.74 Å². The molecule has 0 aliphatic rings. The van der Waals surface area contributed by atoms with Gasteiger partial charge >= 0.3 is 0 Å². The number of hydrogen-bond donors (Lipinski definition) is 1. The van der Waals surface area contributed by atoms with E-state index in [9.17, 15) is 4.79 Å². The number of carbonyl (C=O) groups is 1. The predicted octanol–water partition coefficient (Wildman–Crippen LogP) is 4.36. The molecule has 1 atom stereocenters. The van der Waals surface area contributed by atoms with Crippen molar-refractivity contribution >= 4 is 16.7 Å². The Labute approximate surface area is 148 Å². The molecule has 0 aliphatic carbocycles. The maximum atomic E-state index is 12.5. The zero-order valence-electron chi connectivity index (χ0n) is 14.4. The second kappa shape index (κ2) is 8.34. The Morgan fingerprint density at radius 3 is 2.48 bits per heavy atom. The molecule has 128 valence electrons. The zero-order chi connectivity index (χ0) is 17.5. The lowest BCUT2D eigenvalue weighted by Gasteiger charge is -2.18. The number of benzene rings is 3. The largest absolute Gasteiger partial charge is 0.480 e. The molecule has 0 spiro atoms. The van der Waals surface area contributed by atoms with Crippen LogP contribution < -0.4 is 10.1 Å². The third kappa shape index (κ3) is 4.38. The Balaban J connectivity index is 1.62. The minimum Gasteiger partial charge on any atom is -0.480 e. The van der Waals surface area contributed by atoms with Crippen molar-refractivity contribution in [2.24, 2.45) is 0 Å². The molecule has 0 aromatic heterocycles. The van der Waals surface area contributed by atoms with E-state index >= 15 is 0 Å². The van der Waals surface area contributed by atoms with Gasteiger partial charge in [-0.3, -0.25) is 4.79 Å². The first-order valence-corrected chi connectivity index (χ1v) is 8.74. The SMILES string of the molecule is CC[C@@H](Oc1cccc2ccccc12)C(=O)NCCc1ccccc1. The molecule has 3 nitrogen and oxygen atoms in total. The maximum Gasteiger partial charge on any atom is 0.261 e. The van der Waals surface area contributed by atoms with Crippen LogP contribution >= 0.6 is 0 Å². The van der Waals surface area contributed by atoms with Gasteiger partial charge in [0.05, 0.1) is 0 Å². The van der Waals surface area contributed by atoms with Crippen molar-refractivity contribution < 1.29 is 9.53 Å². The first-order valence-electron chi connectivity index (χ1n) is 8.74. The van der Waals surface area contributed by atoms with Crippen LogP contribution in [0.3, 0.4) is 0 Å². The summed E-state index contributed by atoms with van der Waals surface area (Å²) < 4.78 is 6.03. The normalized spacial score (nSPS) is 11.9. The number of carbonyl (C=O) groups excluding carboxylic acids is 1. The highest BCUT2D eigenvalue weighted by Crippen LogP contribution is 2.26. The van der Waals surface area contributed by atoms with Crippen LogP contribution in [-0.4, -0.2) is 18.6 Å². The molecule has 0 bridgehead atoms. The Bertz CT molecular complexity index is 824. The number of rotatable bonds is 7. The summed E-state index contributed by atoms with van der Waals surface area (Å²) in [7, 11) is 0. The standard InChI is InChI=1S/C22H23NO2/c1-2-20(22(24)23-16-15-17-9-4-3-5-10-17)25-21-14-8-12-18-11-6-7-13-19(18)21/h3-14,20H,2,15-16H2,1H3,(H,23,24)/t20-/m1/s1. The van der Waals surface area contributed by atoms with Crippen LogP contribution in [0.5, 0.6) is 5.75 Å². The molecule has 3 aromatic rings. The third-order valence-corrected chi connectivity index (χ3v) is 4.24. The fourth-order valence-electron chi connectivity index (χ4n) is 2.86. The van der Waals surface area contributed by atoms with Crippen molar-refractivity contribution in [1.29, 1.82) is 0 Å². The van der Waals surface area contributed by atoms with Gasteiger partial charge in [-0.15, -0.1) is 0 Å². The molecule has 0 aliphatic heterocycles. The van der Waals surface area contributed by atoms with Crippen LogP contribution in [-0.2, 0) is 11.2 Å². The van der Waals surface area contributed by atoms with E-state index < -0.39 is 6.10 Å². The molecule has 25 heavy (non-hydrogen) atoms. The van der Waals surface area contributed by atoms with Gasteiger partial charge in [0.25, 0.3) is 5.91 Å². The monoisotopic (exact) mass is 333 g/mol. The summed E-state index contributed by atoms with van der Waals surface area (Å²) >= 11 is 0. The van der Waals surface area contributed by atoms with Crippen LogP contribution in [0, 0.1) is 0 Å². The Morgan fingerprint density at radius 2 is 1.68 bits per heavy atom. The summed E-state index contributed by atoms with van der Waals surface area (Å²) in [4.78, 5) is 12.5. The molecule has 1 N–H and O–H groups in total. The van der Waals surface area contributed by atoms with E-state index in [0.717, 1.165) is 22.9 Å². The summed E-state index contributed by atoms with van der Waals surface area (Å²) in [5.41, 5.74) is 1.21. The first-order chi connectivity index (χ1) is 12.3. The van der Waals surface area contributed by atoms with E-state index in [0.29, 0.717) is 13.0 Å². The number of nitrogens with one attached hydrogen (secondary N) is 1. The van der Waals surface area contributed by atoms with Crippen molar-refractivity contribution in [3.05, 3.63) is 78.4 Å². The van der Waals surface area contributed by atoms with Crippen LogP contribution in [0.2, 0.25) is 0 Å². The van der Waals surface area contributed by atoms with Crippen LogP contribution in [0.4, 0.5) is 0 Å². The molecule has 0 saturated carbocycles. The van der Waals surface area contributed by atoms with E-state index in [1.165, 1.54) is 5.56 Å². The van der Waals surface area contributed by atoms with Crippen molar-refractivity contribution in [1.82, 2.24) is 5.32 Å². The molecule has 3 aromatic carbocycles. The van der Waals surface area contributed by atoms with Gasteiger partial charge in [0.15, 0.2) is 6.10 Å². The number of amides is 1. The minimum atomic E-state index is -0.485. The topological polar surface area (TPSA) is 38.3 Å². The Hall–Kier alpha value is -2.81. The molecular formula is C22H23NO2. The summed E-state index contributed by atoms with van der Waals surface area (Å²) in [6, 6.07) is 24.1. The van der Waals surface area contributed by atoms with Gasteiger partial charge in [0.1, 0.15) is 5.75 Å². The van der Waals surface area contributed by atoms with Crippen molar-refractivity contribution in [3.8, 4) is 5.75 Å². The zero-order valence-corrected chi connectivity index (χ0v) is 14.4. The Morgan fingerprint density at radius 1 is 0.960 bits per heavy atom. The fourth-order valence-corrected chi connectivity index (χ4v) is 2.86. The number of hydrogen-bond acceptors (Lipinski definition) is 2. The Kier molecular flexibility index (Phi) is 5.68. The fraction of sp³-hybridized carbons (Fsp3) is 0.227. The molecule has 3 heteroatoms. The highest BCUT2D eigenvalue weighted by atomic mass is 16.5. The quantitative estimate of drug-likeness (QED) is 0.698. The molecule has 0 radical (unpaired) electrons. The lowest BCUT2D eigenvalue weighted by atomic mass is 10.1.